The molecule has 1 aromatic carbocycles. The molecule has 2 heterocycles. The van der Waals surface area contributed by atoms with Gasteiger partial charge in [-0.1, -0.05) is 19.1 Å². The van der Waals surface area contributed by atoms with Crippen LogP contribution in [0.4, 0.5) is 11.4 Å². The van der Waals surface area contributed by atoms with Crippen molar-refractivity contribution in [2.45, 2.75) is 26.3 Å². The summed E-state index contributed by atoms with van der Waals surface area (Å²) in [4.78, 5) is 28.0. The average Bonchev–Trinajstić information content (AvgIpc) is 3.00. The molecule has 0 unspecified atom stereocenters. The molecule has 3 atom stereocenters. The lowest BCUT2D eigenvalue weighted by Gasteiger charge is -2.32. The summed E-state index contributed by atoms with van der Waals surface area (Å²) < 4.78 is 4.93. The number of benzene rings is 1. The van der Waals surface area contributed by atoms with Gasteiger partial charge in [0.05, 0.1) is 24.5 Å². The van der Waals surface area contributed by atoms with Crippen molar-refractivity contribution in [1.29, 1.82) is 0 Å². The van der Waals surface area contributed by atoms with E-state index in [1.807, 2.05) is 38.1 Å². The van der Waals surface area contributed by atoms with Gasteiger partial charge < -0.3 is 15.4 Å². The molecule has 0 bridgehead atoms. The van der Waals surface area contributed by atoms with Crippen LogP contribution in [0.25, 0.3) is 0 Å². The van der Waals surface area contributed by atoms with Crippen LogP contribution in [0.5, 0.6) is 0 Å². The Morgan fingerprint density at radius 3 is 2.59 bits per heavy atom. The van der Waals surface area contributed by atoms with Gasteiger partial charge in [-0.05, 0) is 43.5 Å². The fourth-order valence-electron chi connectivity index (χ4n) is 3.96. The van der Waals surface area contributed by atoms with Crippen LogP contribution < -0.4 is 10.6 Å². The van der Waals surface area contributed by atoms with Crippen LogP contribution in [0, 0.1) is 18.8 Å². The van der Waals surface area contributed by atoms with Gasteiger partial charge in [0, 0.05) is 21.0 Å². The van der Waals surface area contributed by atoms with Gasteiger partial charge in [-0.2, -0.15) is 0 Å². The van der Waals surface area contributed by atoms with Crippen molar-refractivity contribution in [3.8, 4) is 0 Å². The third-order valence-corrected chi connectivity index (χ3v) is 6.34. The van der Waals surface area contributed by atoms with Gasteiger partial charge in [-0.3, -0.25) is 9.59 Å². The molecule has 4 rings (SSSR count). The number of anilines is 2. The molecule has 140 valence electrons. The van der Waals surface area contributed by atoms with E-state index < -0.39 is 11.9 Å². The number of nitrogens with one attached hydrogen (secondary N) is 2. The standard InChI is InChI=1S/C21H22N2O3S/c1-11-10-15-18(20(24)17(11)21(25)26-3)19(16-9-8-12(2)27-16)23-14-7-5-4-6-13(14)22-15/h4-9,11,17,19,22-23H,10H2,1-3H3/t11-,17+,19-/m1/s1. The molecule has 0 spiro atoms. The van der Waals surface area contributed by atoms with E-state index in [1.165, 1.54) is 12.0 Å². The van der Waals surface area contributed by atoms with E-state index in [1.54, 1.807) is 11.3 Å². The highest BCUT2D eigenvalue weighted by Gasteiger charge is 2.44. The summed E-state index contributed by atoms with van der Waals surface area (Å²) in [6, 6.07) is 11.7. The number of allylic oxidation sites excluding steroid dienone is 1. The molecular formula is C21H22N2O3S. The SMILES string of the molecule is COC(=O)[C@@H]1C(=O)C2=C(C[C@H]1C)Nc1ccccc1N[C@@H]2c1ccc(C)s1. The summed E-state index contributed by atoms with van der Waals surface area (Å²) in [6.45, 7) is 3.98. The first kappa shape index (κ1) is 17.8. The first-order valence-electron chi connectivity index (χ1n) is 9.03. The Hall–Kier alpha value is -2.60. The van der Waals surface area contributed by atoms with E-state index in [0.717, 1.165) is 21.9 Å². The normalized spacial score (nSPS) is 24.3. The molecule has 0 fully saturated rings. The van der Waals surface area contributed by atoms with E-state index in [2.05, 4.69) is 22.8 Å². The van der Waals surface area contributed by atoms with Crippen molar-refractivity contribution < 1.29 is 14.3 Å². The highest BCUT2D eigenvalue weighted by Crippen LogP contribution is 2.44. The second-order valence-electron chi connectivity index (χ2n) is 7.14. The maximum Gasteiger partial charge on any atom is 0.316 e. The van der Waals surface area contributed by atoms with E-state index in [9.17, 15) is 9.59 Å². The predicted octanol–water partition coefficient (Wildman–Crippen LogP) is 4.29. The zero-order valence-electron chi connectivity index (χ0n) is 15.5. The van der Waals surface area contributed by atoms with Crippen LogP contribution in [-0.4, -0.2) is 18.9 Å². The van der Waals surface area contributed by atoms with Crippen LogP contribution >= 0.6 is 11.3 Å². The van der Waals surface area contributed by atoms with Crippen LogP contribution in [0.3, 0.4) is 0 Å². The van der Waals surface area contributed by atoms with Gasteiger partial charge in [0.2, 0.25) is 0 Å². The minimum atomic E-state index is -0.762. The maximum atomic E-state index is 13.4. The Morgan fingerprint density at radius 2 is 1.93 bits per heavy atom. The second kappa shape index (κ2) is 6.85. The zero-order chi connectivity index (χ0) is 19.1. The van der Waals surface area contributed by atoms with E-state index in [-0.39, 0.29) is 17.7 Å². The lowest BCUT2D eigenvalue weighted by atomic mass is 9.75. The Balaban J connectivity index is 1.86. The molecule has 2 aromatic rings. The van der Waals surface area contributed by atoms with Crippen molar-refractivity contribution in [1.82, 2.24) is 0 Å². The number of fused-ring (bicyclic) bond motifs is 1. The predicted molar refractivity (Wildman–Crippen MR) is 107 cm³/mol. The Bertz CT molecular complexity index is 946. The monoisotopic (exact) mass is 382 g/mol. The average molecular weight is 382 g/mol. The molecule has 1 aromatic heterocycles. The number of carbonyl (C=O) groups is 2. The van der Waals surface area contributed by atoms with Crippen molar-refractivity contribution in [3.63, 3.8) is 0 Å². The molecule has 1 aliphatic heterocycles. The van der Waals surface area contributed by atoms with E-state index >= 15 is 0 Å². The summed E-state index contributed by atoms with van der Waals surface area (Å²) >= 11 is 1.66. The van der Waals surface area contributed by atoms with Gasteiger partial charge in [0.1, 0.15) is 5.92 Å². The molecule has 6 heteroatoms. The fourth-order valence-corrected chi connectivity index (χ4v) is 4.89. The van der Waals surface area contributed by atoms with Gasteiger partial charge in [0.25, 0.3) is 0 Å². The summed E-state index contributed by atoms with van der Waals surface area (Å²) in [7, 11) is 1.34. The number of ketones is 1. The summed E-state index contributed by atoms with van der Waals surface area (Å²) in [5.41, 5.74) is 3.41. The number of aryl methyl sites for hydroxylation is 1. The van der Waals surface area contributed by atoms with Crippen LogP contribution in [0.15, 0.2) is 47.7 Å². The largest absolute Gasteiger partial charge is 0.468 e. The number of esters is 1. The third-order valence-electron chi connectivity index (χ3n) is 5.27. The summed E-state index contributed by atoms with van der Waals surface area (Å²) in [5.74, 6) is -1.49. The van der Waals surface area contributed by atoms with Crippen molar-refractivity contribution in [2.24, 2.45) is 11.8 Å². The number of para-hydroxylation sites is 2. The molecule has 0 saturated heterocycles. The Labute approximate surface area is 162 Å². The third kappa shape index (κ3) is 3.04. The number of Topliss-reactive ketones (excluding diaryl/α,β-unsaturated/α-hetero) is 1. The smallest absolute Gasteiger partial charge is 0.316 e. The number of methoxy groups -OCH3 is 1. The topological polar surface area (TPSA) is 67.4 Å². The molecule has 2 N–H and O–H groups in total. The van der Waals surface area contributed by atoms with Crippen LogP contribution in [-0.2, 0) is 14.3 Å². The number of thiophene rings is 1. The number of rotatable bonds is 2. The van der Waals surface area contributed by atoms with Gasteiger partial charge in [0.15, 0.2) is 5.78 Å². The first-order valence-corrected chi connectivity index (χ1v) is 9.85. The molecular weight excluding hydrogens is 360 g/mol. The number of ether oxygens (including phenoxy) is 1. The molecule has 27 heavy (non-hydrogen) atoms. The number of hydrogen-bond donors (Lipinski definition) is 2. The van der Waals surface area contributed by atoms with E-state index in [0.29, 0.717) is 12.0 Å². The fraction of sp³-hybridized carbons (Fsp3) is 0.333. The highest BCUT2D eigenvalue weighted by molar-refractivity contribution is 7.12. The maximum absolute atomic E-state index is 13.4. The zero-order valence-corrected chi connectivity index (χ0v) is 16.4. The first-order chi connectivity index (χ1) is 13.0. The lowest BCUT2D eigenvalue weighted by molar-refractivity contribution is -0.151. The second-order valence-corrected chi connectivity index (χ2v) is 8.45. The quantitative estimate of drug-likeness (QED) is 0.599. The summed E-state index contributed by atoms with van der Waals surface area (Å²) in [6.07, 6.45) is 0.623. The van der Waals surface area contributed by atoms with Crippen molar-refractivity contribution in [3.05, 3.63) is 57.4 Å². The van der Waals surface area contributed by atoms with Crippen molar-refractivity contribution >= 4 is 34.5 Å². The molecule has 0 radical (unpaired) electrons. The van der Waals surface area contributed by atoms with Crippen LogP contribution in [0.1, 0.15) is 29.1 Å². The molecule has 5 nitrogen and oxygen atoms in total. The minimum absolute atomic E-state index is 0.118. The van der Waals surface area contributed by atoms with Gasteiger partial charge in [-0.15, -0.1) is 11.3 Å². The van der Waals surface area contributed by atoms with Crippen molar-refractivity contribution in [2.75, 3.05) is 17.7 Å². The molecule has 0 saturated carbocycles. The molecule has 1 aliphatic carbocycles. The molecule has 0 amide bonds. The Kier molecular flexibility index (Phi) is 4.52. The number of carbonyl (C=O) groups excluding carboxylic acids is 2. The molecule has 2 aliphatic rings. The number of hydrogen-bond acceptors (Lipinski definition) is 6. The highest BCUT2D eigenvalue weighted by atomic mass is 32.1. The van der Waals surface area contributed by atoms with E-state index in [4.69, 9.17) is 4.74 Å². The minimum Gasteiger partial charge on any atom is -0.468 e. The Morgan fingerprint density at radius 1 is 1.19 bits per heavy atom. The summed E-state index contributed by atoms with van der Waals surface area (Å²) in [5, 5.41) is 6.98. The van der Waals surface area contributed by atoms with Crippen LogP contribution in [0.2, 0.25) is 0 Å². The van der Waals surface area contributed by atoms with Gasteiger partial charge in [-0.25, -0.2) is 0 Å². The van der Waals surface area contributed by atoms with Gasteiger partial charge >= 0.3 is 5.97 Å². The lowest BCUT2D eigenvalue weighted by Crippen LogP contribution is -2.39.